The van der Waals surface area contributed by atoms with Crippen LogP contribution in [-0.2, 0) is 14.3 Å². The average Bonchev–Trinajstić information content (AvgIpc) is 2.39. The Labute approximate surface area is 120 Å². The van der Waals surface area contributed by atoms with E-state index in [4.69, 9.17) is 9.47 Å². The van der Waals surface area contributed by atoms with Crippen molar-refractivity contribution in [2.75, 3.05) is 20.3 Å². The van der Waals surface area contributed by atoms with Crippen LogP contribution in [0.15, 0.2) is 12.7 Å². The van der Waals surface area contributed by atoms with Gasteiger partial charge in [0.1, 0.15) is 12.6 Å². The van der Waals surface area contributed by atoms with Crippen molar-refractivity contribution >= 4 is 12.1 Å². The molecule has 0 aromatic rings. The van der Waals surface area contributed by atoms with Crippen LogP contribution >= 0.6 is 0 Å². The molecule has 0 spiro atoms. The molecule has 0 aliphatic rings. The van der Waals surface area contributed by atoms with Gasteiger partial charge in [-0.1, -0.05) is 26.5 Å². The van der Waals surface area contributed by atoms with Crippen molar-refractivity contribution in [3.63, 3.8) is 0 Å². The van der Waals surface area contributed by atoms with Crippen LogP contribution in [0.5, 0.6) is 0 Å². The third-order valence-electron chi connectivity index (χ3n) is 2.56. The molecule has 20 heavy (non-hydrogen) atoms. The molecule has 0 heterocycles. The van der Waals surface area contributed by atoms with Crippen LogP contribution in [0, 0.1) is 5.92 Å². The fourth-order valence-corrected chi connectivity index (χ4v) is 1.62. The summed E-state index contributed by atoms with van der Waals surface area (Å²) in [4.78, 5) is 22.9. The summed E-state index contributed by atoms with van der Waals surface area (Å²) in [5.74, 6) is 0.0764. The van der Waals surface area contributed by atoms with Crippen molar-refractivity contribution in [2.45, 2.75) is 39.3 Å². The number of alkyl carbamates (subject to hydrolysis) is 1. The van der Waals surface area contributed by atoms with Crippen molar-refractivity contribution in [3.05, 3.63) is 12.7 Å². The van der Waals surface area contributed by atoms with E-state index in [0.29, 0.717) is 18.9 Å². The van der Waals surface area contributed by atoms with E-state index in [1.54, 1.807) is 0 Å². The van der Waals surface area contributed by atoms with Gasteiger partial charge in [0.2, 0.25) is 0 Å². The maximum Gasteiger partial charge on any atom is 0.407 e. The smallest absolute Gasteiger partial charge is 0.407 e. The Morgan fingerprint density at radius 1 is 1.30 bits per heavy atom. The minimum atomic E-state index is -0.502. The van der Waals surface area contributed by atoms with E-state index in [0.717, 1.165) is 0 Å². The first-order valence-electron chi connectivity index (χ1n) is 6.76. The second-order valence-corrected chi connectivity index (χ2v) is 5.05. The Hall–Kier alpha value is -1.56. The average molecular weight is 286 g/mol. The highest BCUT2D eigenvalue weighted by atomic mass is 16.5. The van der Waals surface area contributed by atoms with E-state index in [1.807, 2.05) is 20.8 Å². The van der Waals surface area contributed by atoms with Crippen LogP contribution in [0.4, 0.5) is 4.79 Å². The Morgan fingerprint density at radius 3 is 2.45 bits per heavy atom. The summed E-state index contributed by atoms with van der Waals surface area (Å²) in [6, 6.07) is -0.528. The standard InChI is InChI=1S/C14H26N2O4/c1-6-7-20-14(18)16-11(4)9-15-12(8-10(2)3)13(17)19-5/h6,10-12,15H,1,7-9H2,2-5H3,(H,16,18)/t11-,12-/m0/s1. The van der Waals surface area contributed by atoms with Gasteiger partial charge in [-0.15, -0.1) is 0 Å². The van der Waals surface area contributed by atoms with Gasteiger partial charge in [-0.05, 0) is 19.3 Å². The fraction of sp³-hybridized carbons (Fsp3) is 0.714. The molecule has 2 atom stereocenters. The molecule has 0 aliphatic heterocycles. The van der Waals surface area contributed by atoms with E-state index in [1.165, 1.54) is 13.2 Å². The van der Waals surface area contributed by atoms with Crippen molar-refractivity contribution in [1.29, 1.82) is 0 Å². The highest BCUT2D eigenvalue weighted by Crippen LogP contribution is 2.06. The number of hydrogen-bond donors (Lipinski definition) is 2. The zero-order valence-corrected chi connectivity index (χ0v) is 12.8. The molecule has 116 valence electrons. The summed E-state index contributed by atoms with van der Waals surface area (Å²) in [6.07, 6.45) is 1.68. The summed E-state index contributed by atoms with van der Waals surface area (Å²) in [6.45, 7) is 9.98. The number of amides is 1. The topological polar surface area (TPSA) is 76.7 Å². The van der Waals surface area contributed by atoms with Crippen molar-refractivity contribution in [3.8, 4) is 0 Å². The second kappa shape index (κ2) is 10.3. The van der Waals surface area contributed by atoms with Crippen LogP contribution < -0.4 is 10.6 Å². The maximum atomic E-state index is 11.6. The normalized spacial score (nSPS) is 13.4. The zero-order chi connectivity index (χ0) is 15.5. The molecule has 0 fully saturated rings. The number of methoxy groups -OCH3 is 1. The van der Waals surface area contributed by atoms with Gasteiger partial charge in [0.25, 0.3) is 0 Å². The molecule has 0 rings (SSSR count). The van der Waals surface area contributed by atoms with Gasteiger partial charge in [0, 0.05) is 12.6 Å². The minimum Gasteiger partial charge on any atom is -0.468 e. The molecule has 2 N–H and O–H groups in total. The number of esters is 1. The Balaban J connectivity index is 4.15. The quantitative estimate of drug-likeness (QED) is 0.496. The van der Waals surface area contributed by atoms with Gasteiger partial charge in [-0.2, -0.15) is 0 Å². The molecule has 0 aliphatic carbocycles. The molecular weight excluding hydrogens is 260 g/mol. The first-order chi connectivity index (χ1) is 9.40. The highest BCUT2D eigenvalue weighted by Gasteiger charge is 2.20. The minimum absolute atomic E-state index is 0.161. The zero-order valence-electron chi connectivity index (χ0n) is 12.8. The molecule has 0 saturated heterocycles. The SMILES string of the molecule is C=CCOC(=O)N[C@@H](C)CN[C@@H](CC(C)C)C(=O)OC. The van der Waals surface area contributed by atoms with Gasteiger partial charge in [0.15, 0.2) is 0 Å². The number of ether oxygens (including phenoxy) is 2. The van der Waals surface area contributed by atoms with E-state index >= 15 is 0 Å². The molecule has 6 nitrogen and oxygen atoms in total. The molecule has 0 aromatic heterocycles. The lowest BCUT2D eigenvalue weighted by Gasteiger charge is -2.21. The Bertz CT molecular complexity index is 318. The van der Waals surface area contributed by atoms with E-state index in [2.05, 4.69) is 17.2 Å². The molecular formula is C14H26N2O4. The second-order valence-electron chi connectivity index (χ2n) is 5.05. The van der Waals surface area contributed by atoms with Gasteiger partial charge >= 0.3 is 12.1 Å². The van der Waals surface area contributed by atoms with Crippen LogP contribution in [0.2, 0.25) is 0 Å². The van der Waals surface area contributed by atoms with Crippen LogP contribution in [0.3, 0.4) is 0 Å². The first-order valence-corrected chi connectivity index (χ1v) is 6.76. The molecule has 0 bridgehead atoms. The Kier molecular flexibility index (Phi) is 9.45. The van der Waals surface area contributed by atoms with E-state index in [9.17, 15) is 9.59 Å². The third kappa shape index (κ3) is 8.53. The third-order valence-corrected chi connectivity index (χ3v) is 2.56. The van der Waals surface area contributed by atoms with Gasteiger partial charge in [-0.25, -0.2) is 4.79 Å². The van der Waals surface area contributed by atoms with Crippen molar-refractivity contribution in [1.82, 2.24) is 10.6 Å². The molecule has 6 heteroatoms. The summed E-state index contributed by atoms with van der Waals surface area (Å²) >= 11 is 0. The first kappa shape index (κ1) is 18.4. The lowest BCUT2D eigenvalue weighted by molar-refractivity contribution is -0.143. The predicted molar refractivity (Wildman–Crippen MR) is 77.4 cm³/mol. The lowest BCUT2D eigenvalue weighted by Crippen LogP contribution is -2.46. The van der Waals surface area contributed by atoms with E-state index in [-0.39, 0.29) is 24.7 Å². The van der Waals surface area contributed by atoms with Gasteiger partial charge in [0.05, 0.1) is 7.11 Å². The van der Waals surface area contributed by atoms with Gasteiger partial charge in [-0.3, -0.25) is 4.79 Å². The molecule has 0 unspecified atom stereocenters. The van der Waals surface area contributed by atoms with Crippen molar-refractivity contribution < 1.29 is 19.1 Å². The Morgan fingerprint density at radius 2 is 1.95 bits per heavy atom. The lowest BCUT2D eigenvalue weighted by atomic mass is 10.0. The van der Waals surface area contributed by atoms with Crippen LogP contribution in [0.25, 0.3) is 0 Å². The monoisotopic (exact) mass is 286 g/mol. The largest absolute Gasteiger partial charge is 0.468 e. The van der Waals surface area contributed by atoms with E-state index < -0.39 is 6.09 Å². The molecule has 0 aromatic carbocycles. The van der Waals surface area contributed by atoms with Crippen LogP contribution in [0.1, 0.15) is 27.2 Å². The van der Waals surface area contributed by atoms with Crippen LogP contribution in [-0.4, -0.2) is 44.4 Å². The summed E-state index contributed by atoms with van der Waals surface area (Å²) in [7, 11) is 1.37. The fourth-order valence-electron chi connectivity index (χ4n) is 1.62. The molecule has 1 amide bonds. The highest BCUT2D eigenvalue weighted by molar-refractivity contribution is 5.75. The molecule has 0 saturated carbocycles. The summed E-state index contributed by atoms with van der Waals surface area (Å²) < 4.78 is 9.57. The van der Waals surface area contributed by atoms with Gasteiger partial charge < -0.3 is 20.1 Å². The number of carbonyl (C=O) groups excluding carboxylic acids is 2. The predicted octanol–water partition coefficient (Wildman–Crippen LogP) is 1.46. The number of nitrogens with one attached hydrogen (secondary N) is 2. The summed E-state index contributed by atoms with van der Waals surface area (Å²) in [5, 5.41) is 5.75. The van der Waals surface area contributed by atoms with Crippen molar-refractivity contribution in [2.24, 2.45) is 5.92 Å². The maximum absolute atomic E-state index is 11.6. The summed E-state index contributed by atoms with van der Waals surface area (Å²) in [5.41, 5.74) is 0. The number of hydrogen-bond acceptors (Lipinski definition) is 5. The number of rotatable bonds is 9. The molecule has 0 radical (unpaired) electrons. The number of carbonyl (C=O) groups is 2.